The van der Waals surface area contributed by atoms with Gasteiger partial charge < -0.3 is 16.6 Å². The maximum Gasteiger partial charge on any atom is 0.309 e. The normalized spacial score (nSPS) is 9.88. The molecule has 0 unspecified atom stereocenters. The third-order valence-corrected chi connectivity index (χ3v) is 0.918. The van der Waals surface area contributed by atoms with Gasteiger partial charge in [0.15, 0.2) is 0 Å². The Morgan fingerprint density at radius 2 is 1.88 bits per heavy atom. The van der Waals surface area contributed by atoms with Crippen molar-refractivity contribution in [3.8, 4) is 0 Å². The highest BCUT2D eigenvalue weighted by Crippen LogP contribution is 1.87. The number of aliphatic carboxylic acids is 1. The fraction of sp³-hybridized carbons (Fsp3) is 0.750. The van der Waals surface area contributed by atoms with E-state index in [1.807, 2.05) is 0 Å². The summed E-state index contributed by atoms with van der Waals surface area (Å²) >= 11 is 0. The van der Waals surface area contributed by atoms with Crippen LogP contribution in [-0.4, -0.2) is 24.2 Å². The Morgan fingerprint density at radius 3 is 1.88 bits per heavy atom. The van der Waals surface area contributed by atoms with Crippen LogP contribution in [0.5, 0.6) is 0 Å². The number of hydrogen-bond donors (Lipinski definition) is 3. The minimum absolute atomic E-state index is 0.117. The summed E-state index contributed by atoms with van der Waals surface area (Å²) in [6.45, 7) is 0.234. The van der Waals surface area contributed by atoms with Crippen LogP contribution in [0.2, 0.25) is 0 Å². The summed E-state index contributed by atoms with van der Waals surface area (Å²) in [7, 11) is 0. The summed E-state index contributed by atoms with van der Waals surface area (Å²) in [5.74, 6) is -1.50. The maximum atomic E-state index is 10.0. The van der Waals surface area contributed by atoms with Gasteiger partial charge in [-0.15, -0.1) is 0 Å². The molecule has 0 aromatic carbocycles. The highest BCUT2D eigenvalue weighted by Gasteiger charge is 2.11. The molecule has 0 aliphatic carbocycles. The minimum Gasteiger partial charge on any atom is -0.481 e. The van der Waals surface area contributed by atoms with E-state index in [0.29, 0.717) is 0 Å². The molecular formula is C4H10N2O2. The molecule has 0 amide bonds. The van der Waals surface area contributed by atoms with Gasteiger partial charge in [-0.3, -0.25) is 4.79 Å². The van der Waals surface area contributed by atoms with Gasteiger partial charge in [0.1, 0.15) is 0 Å². The zero-order valence-electron chi connectivity index (χ0n) is 4.50. The Kier molecular flexibility index (Phi) is 3.14. The SMILES string of the molecule is NCC(CN)C(=O)O. The van der Waals surface area contributed by atoms with Crippen LogP contribution in [0.3, 0.4) is 0 Å². The zero-order chi connectivity index (χ0) is 6.57. The minimum atomic E-state index is -0.921. The number of carboxylic acids is 1. The summed E-state index contributed by atoms with van der Waals surface area (Å²) in [5, 5.41) is 8.21. The standard InChI is InChI=1S/C4H10N2O2/c5-1-3(2-6)4(7)8/h3H,1-2,5-6H2,(H,7,8). The Bertz CT molecular complexity index is 80.1. The lowest BCUT2D eigenvalue weighted by Crippen LogP contribution is -2.30. The van der Waals surface area contributed by atoms with E-state index in [1.165, 1.54) is 0 Å². The molecule has 0 aromatic heterocycles. The van der Waals surface area contributed by atoms with Gasteiger partial charge in [-0.25, -0.2) is 0 Å². The van der Waals surface area contributed by atoms with Crippen molar-refractivity contribution < 1.29 is 9.90 Å². The lowest BCUT2D eigenvalue weighted by Gasteiger charge is -2.02. The Hall–Kier alpha value is -0.610. The largest absolute Gasteiger partial charge is 0.481 e. The van der Waals surface area contributed by atoms with Crippen molar-refractivity contribution >= 4 is 5.97 Å². The highest BCUT2D eigenvalue weighted by molar-refractivity contribution is 5.70. The molecule has 8 heavy (non-hydrogen) atoms. The molecule has 48 valence electrons. The van der Waals surface area contributed by atoms with Crippen LogP contribution in [0.4, 0.5) is 0 Å². The second-order valence-electron chi connectivity index (χ2n) is 1.51. The van der Waals surface area contributed by atoms with Gasteiger partial charge in [0.05, 0.1) is 5.92 Å². The molecule has 0 heterocycles. The molecule has 0 aliphatic rings. The lowest BCUT2D eigenvalue weighted by atomic mass is 10.1. The topological polar surface area (TPSA) is 89.3 Å². The molecule has 4 nitrogen and oxygen atoms in total. The van der Waals surface area contributed by atoms with E-state index in [4.69, 9.17) is 16.6 Å². The first-order chi connectivity index (χ1) is 3.72. The molecule has 0 saturated carbocycles. The second-order valence-corrected chi connectivity index (χ2v) is 1.51. The summed E-state index contributed by atoms with van der Waals surface area (Å²) in [6, 6.07) is 0. The monoisotopic (exact) mass is 118 g/mol. The Morgan fingerprint density at radius 1 is 1.50 bits per heavy atom. The van der Waals surface area contributed by atoms with E-state index in [1.54, 1.807) is 0 Å². The number of carboxylic acid groups (broad SMARTS) is 1. The van der Waals surface area contributed by atoms with Crippen molar-refractivity contribution in [3.05, 3.63) is 0 Å². The number of rotatable bonds is 3. The van der Waals surface area contributed by atoms with Crippen molar-refractivity contribution in [2.75, 3.05) is 13.1 Å². The second kappa shape index (κ2) is 3.40. The van der Waals surface area contributed by atoms with Crippen LogP contribution in [0.25, 0.3) is 0 Å². The van der Waals surface area contributed by atoms with Crippen molar-refractivity contribution in [1.82, 2.24) is 0 Å². The van der Waals surface area contributed by atoms with Crippen LogP contribution < -0.4 is 11.5 Å². The summed E-state index contributed by atoms with van der Waals surface area (Å²) in [4.78, 5) is 10.0. The maximum absolute atomic E-state index is 10.0. The van der Waals surface area contributed by atoms with Crippen molar-refractivity contribution in [3.63, 3.8) is 0 Å². The number of carbonyl (C=O) groups is 1. The fourth-order valence-corrected chi connectivity index (χ4v) is 0.298. The Labute approximate surface area is 47.5 Å². The van der Waals surface area contributed by atoms with Crippen LogP contribution in [0.15, 0.2) is 0 Å². The third-order valence-electron chi connectivity index (χ3n) is 0.918. The van der Waals surface area contributed by atoms with Crippen molar-refractivity contribution in [2.24, 2.45) is 17.4 Å². The molecule has 0 fully saturated rings. The summed E-state index contributed by atoms with van der Waals surface area (Å²) in [5.41, 5.74) is 10.0. The average Bonchev–Trinajstić information content (AvgIpc) is 1.69. The van der Waals surface area contributed by atoms with Gasteiger partial charge in [0, 0.05) is 13.1 Å². The van der Waals surface area contributed by atoms with E-state index in [9.17, 15) is 4.79 Å². The first-order valence-electron chi connectivity index (χ1n) is 2.35. The van der Waals surface area contributed by atoms with Crippen molar-refractivity contribution in [2.45, 2.75) is 0 Å². The summed E-state index contributed by atoms with van der Waals surface area (Å²) < 4.78 is 0. The van der Waals surface area contributed by atoms with Gasteiger partial charge >= 0.3 is 5.97 Å². The van der Waals surface area contributed by atoms with Gasteiger partial charge in [0.25, 0.3) is 0 Å². The van der Waals surface area contributed by atoms with Crippen LogP contribution in [-0.2, 0) is 4.79 Å². The molecule has 0 atom stereocenters. The molecule has 0 aliphatic heterocycles. The van der Waals surface area contributed by atoms with Crippen LogP contribution in [0, 0.1) is 5.92 Å². The molecule has 0 radical (unpaired) electrons. The van der Waals surface area contributed by atoms with Gasteiger partial charge in [-0.05, 0) is 0 Å². The molecule has 0 aromatic rings. The average molecular weight is 118 g/mol. The van der Waals surface area contributed by atoms with Gasteiger partial charge in [-0.1, -0.05) is 0 Å². The van der Waals surface area contributed by atoms with Crippen LogP contribution in [0.1, 0.15) is 0 Å². The molecule has 0 saturated heterocycles. The molecule has 0 spiro atoms. The number of nitrogens with two attached hydrogens (primary N) is 2. The van der Waals surface area contributed by atoms with E-state index in [0.717, 1.165) is 0 Å². The predicted molar refractivity (Wildman–Crippen MR) is 29.2 cm³/mol. The third kappa shape index (κ3) is 1.90. The molecule has 0 bridgehead atoms. The molecule has 4 heteroatoms. The van der Waals surface area contributed by atoms with Crippen LogP contribution >= 0.6 is 0 Å². The molecule has 5 N–H and O–H groups in total. The predicted octanol–water partition coefficient (Wildman–Crippen LogP) is -1.40. The lowest BCUT2D eigenvalue weighted by molar-refractivity contribution is -0.140. The first kappa shape index (κ1) is 7.39. The Balaban J connectivity index is 3.52. The smallest absolute Gasteiger partial charge is 0.309 e. The van der Waals surface area contributed by atoms with E-state index >= 15 is 0 Å². The van der Waals surface area contributed by atoms with E-state index in [2.05, 4.69) is 0 Å². The first-order valence-corrected chi connectivity index (χ1v) is 2.35. The van der Waals surface area contributed by atoms with Gasteiger partial charge in [0.2, 0.25) is 0 Å². The van der Waals surface area contributed by atoms with E-state index < -0.39 is 11.9 Å². The molecule has 0 rings (SSSR count). The fourth-order valence-electron chi connectivity index (χ4n) is 0.298. The number of hydrogen-bond acceptors (Lipinski definition) is 3. The highest BCUT2D eigenvalue weighted by atomic mass is 16.4. The van der Waals surface area contributed by atoms with Gasteiger partial charge in [-0.2, -0.15) is 0 Å². The van der Waals surface area contributed by atoms with Crippen molar-refractivity contribution in [1.29, 1.82) is 0 Å². The quantitative estimate of drug-likeness (QED) is 0.425. The zero-order valence-corrected chi connectivity index (χ0v) is 4.50. The summed E-state index contributed by atoms with van der Waals surface area (Å²) in [6.07, 6.45) is 0. The molecular weight excluding hydrogens is 108 g/mol. The van der Waals surface area contributed by atoms with E-state index in [-0.39, 0.29) is 13.1 Å².